The van der Waals surface area contributed by atoms with E-state index in [0.29, 0.717) is 46.4 Å². The first-order chi connectivity index (χ1) is 21.3. The number of anilines is 3. The lowest BCUT2D eigenvalue weighted by atomic mass is 10.1. The van der Waals surface area contributed by atoms with E-state index in [-0.39, 0.29) is 44.3 Å². The summed E-state index contributed by atoms with van der Waals surface area (Å²) < 4.78 is 29.7. The minimum absolute atomic E-state index is 0.00707. The molecule has 0 radical (unpaired) electrons. The zero-order chi connectivity index (χ0) is 31.5. The van der Waals surface area contributed by atoms with Crippen molar-refractivity contribution in [2.24, 2.45) is 5.92 Å². The van der Waals surface area contributed by atoms with E-state index in [1.54, 1.807) is 26.0 Å². The first kappa shape index (κ1) is 32.5. The second-order valence-corrected chi connectivity index (χ2v) is 10.4. The van der Waals surface area contributed by atoms with Crippen molar-refractivity contribution in [2.45, 2.75) is 33.1 Å². The Balaban J connectivity index is 1.50. The number of rotatable bonds is 16. The van der Waals surface area contributed by atoms with Gasteiger partial charge in [0.05, 0.1) is 42.5 Å². The number of halogens is 2. The van der Waals surface area contributed by atoms with E-state index in [0.717, 1.165) is 12.8 Å². The van der Waals surface area contributed by atoms with Gasteiger partial charge in [-0.3, -0.25) is 14.4 Å². The SMILES string of the molecule is CCOC(=O)CCN(CC(=O)OCC)C(=O)C=CCNc1cc2c(Nc3ccc(F)c(Cl)c3)ncnc2cc1OCC1CC1. The summed E-state index contributed by atoms with van der Waals surface area (Å²) in [7, 11) is 0. The largest absolute Gasteiger partial charge is 0.491 e. The van der Waals surface area contributed by atoms with Crippen LogP contribution in [-0.4, -0.2) is 72.2 Å². The molecular weight excluding hydrogens is 593 g/mol. The second kappa shape index (κ2) is 15.9. The Kier molecular flexibility index (Phi) is 11.7. The van der Waals surface area contributed by atoms with Crippen LogP contribution in [0.25, 0.3) is 10.9 Å². The first-order valence-corrected chi connectivity index (χ1v) is 14.8. The van der Waals surface area contributed by atoms with Gasteiger partial charge >= 0.3 is 11.9 Å². The van der Waals surface area contributed by atoms with Crippen molar-refractivity contribution < 1.29 is 33.0 Å². The van der Waals surface area contributed by atoms with Crippen LogP contribution in [0.15, 0.2) is 48.8 Å². The molecule has 0 unspecified atom stereocenters. The molecule has 3 aromatic rings. The molecule has 1 aliphatic carbocycles. The number of hydrogen-bond acceptors (Lipinski definition) is 10. The molecular formula is C31H35ClFN5O6. The molecule has 0 aliphatic heterocycles. The number of aromatic nitrogens is 2. The highest BCUT2D eigenvalue weighted by molar-refractivity contribution is 6.31. The lowest BCUT2D eigenvalue weighted by Gasteiger charge is -2.19. The van der Waals surface area contributed by atoms with Crippen LogP contribution in [0, 0.1) is 11.7 Å². The molecule has 1 amide bonds. The van der Waals surface area contributed by atoms with Crippen molar-refractivity contribution >= 4 is 57.5 Å². The van der Waals surface area contributed by atoms with Crippen LogP contribution in [0.4, 0.5) is 21.6 Å². The van der Waals surface area contributed by atoms with Crippen molar-refractivity contribution in [3.63, 3.8) is 0 Å². The summed E-state index contributed by atoms with van der Waals surface area (Å²) in [5, 5.41) is 7.10. The Morgan fingerprint density at radius 1 is 1.09 bits per heavy atom. The standard InChI is InChI=1S/C31H35ClFN5O6/c1-3-42-29(40)11-13-38(17-30(41)43-4-2)28(39)6-5-12-34-26-15-22-25(16-27(26)44-18-20-7-8-20)35-19-36-31(22)37-21-9-10-24(33)23(32)14-21/h5-6,9-10,14-16,19-20,34H,3-4,7-8,11-13,17-18H2,1-2H3,(H,35,36,37). The summed E-state index contributed by atoms with van der Waals surface area (Å²) in [5.74, 6) is -0.418. The van der Waals surface area contributed by atoms with E-state index >= 15 is 0 Å². The fourth-order valence-electron chi connectivity index (χ4n) is 4.17. The molecule has 44 heavy (non-hydrogen) atoms. The Labute approximate surface area is 259 Å². The number of ether oxygens (including phenoxy) is 3. The Hall–Kier alpha value is -4.45. The summed E-state index contributed by atoms with van der Waals surface area (Å²) in [4.78, 5) is 46.8. The number of carbonyl (C=O) groups is 3. The molecule has 2 aromatic carbocycles. The topological polar surface area (TPSA) is 132 Å². The molecule has 0 bridgehead atoms. The zero-order valence-corrected chi connectivity index (χ0v) is 25.4. The van der Waals surface area contributed by atoms with Crippen molar-refractivity contribution in [2.75, 3.05) is 50.1 Å². The van der Waals surface area contributed by atoms with Gasteiger partial charge in [-0.2, -0.15) is 0 Å². The third kappa shape index (κ3) is 9.53. The number of nitrogens with zero attached hydrogens (tertiary/aromatic N) is 3. The number of benzene rings is 2. The van der Waals surface area contributed by atoms with Gasteiger partial charge in [0.1, 0.15) is 30.3 Å². The maximum absolute atomic E-state index is 13.7. The molecule has 2 N–H and O–H groups in total. The summed E-state index contributed by atoms with van der Waals surface area (Å²) >= 11 is 5.95. The van der Waals surface area contributed by atoms with E-state index in [1.807, 2.05) is 12.1 Å². The van der Waals surface area contributed by atoms with Crippen LogP contribution in [0.3, 0.4) is 0 Å². The third-order valence-electron chi connectivity index (χ3n) is 6.59. The van der Waals surface area contributed by atoms with E-state index in [4.69, 9.17) is 25.8 Å². The minimum atomic E-state index is -0.570. The van der Waals surface area contributed by atoms with Gasteiger partial charge in [-0.15, -0.1) is 0 Å². The van der Waals surface area contributed by atoms with Gasteiger partial charge in [0.25, 0.3) is 0 Å². The van der Waals surface area contributed by atoms with Crippen molar-refractivity contribution in [1.82, 2.24) is 14.9 Å². The molecule has 1 fully saturated rings. The van der Waals surface area contributed by atoms with Crippen LogP contribution in [0.1, 0.15) is 33.1 Å². The van der Waals surface area contributed by atoms with E-state index in [1.165, 1.54) is 29.4 Å². The second-order valence-electron chi connectivity index (χ2n) is 10.00. The predicted octanol–water partition coefficient (Wildman–Crippen LogP) is 5.27. The van der Waals surface area contributed by atoms with Crippen LogP contribution < -0.4 is 15.4 Å². The van der Waals surface area contributed by atoms with E-state index in [2.05, 4.69) is 20.6 Å². The summed E-state index contributed by atoms with van der Waals surface area (Å²) in [6, 6.07) is 7.95. The number of carbonyl (C=O) groups excluding carboxylic acids is 3. The molecule has 0 saturated heterocycles. The zero-order valence-electron chi connectivity index (χ0n) is 24.6. The summed E-state index contributed by atoms with van der Waals surface area (Å²) in [5.41, 5.74) is 1.83. The molecule has 234 valence electrons. The predicted molar refractivity (Wildman–Crippen MR) is 165 cm³/mol. The van der Waals surface area contributed by atoms with Crippen molar-refractivity contribution in [3.05, 3.63) is 59.7 Å². The lowest BCUT2D eigenvalue weighted by molar-refractivity contribution is -0.149. The maximum Gasteiger partial charge on any atom is 0.325 e. The summed E-state index contributed by atoms with van der Waals surface area (Å²) in [6.45, 7) is 4.30. The van der Waals surface area contributed by atoms with Gasteiger partial charge in [0, 0.05) is 36.3 Å². The minimum Gasteiger partial charge on any atom is -0.491 e. The van der Waals surface area contributed by atoms with E-state index in [9.17, 15) is 18.8 Å². The van der Waals surface area contributed by atoms with Crippen molar-refractivity contribution in [1.29, 1.82) is 0 Å². The highest BCUT2D eigenvalue weighted by Gasteiger charge is 2.23. The fourth-order valence-corrected chi connectivity index (χ4v) is 4.35. The quantitative estimate of drug-likeness (QED) is 0.160. The highest BCUT2D eigenvalue weighted by atomic mass is 35.5. The van der Waals surface area contributed by atoms with Crippen LogP contribution in [-0.2, 0) is 23.9 Å². The molecule has 1 heterocycles. The van der Waals surface area contributed by atoms with Gasteiger partial charge in [-0.25, -0.2) is 14.4 Å². The highest BCUT2D eigenvalue weighted by Crippen LogP contribution is 2.36. The third-order valence-corrected chi connectivity index (χ3v) is 6.88. The molecule has 13 heteroatoms. The van der Waals surface area contributed by atoms with Crippen molar-refractivity contribution in [3.8, 4) is 5.75 Å². The number of fused-ring (bicyclic) bond motifs is 1. The Bertz CT molecular complexity index is 1520. The van der Waals surface area contributed by atoms with Crippen LogP contribution in [0.5, 0.6) is 5.75 Å². The maximum atomic E-state index is 13.7. The Morgan fingerprint density at radius 2 is 1.86 bits per heavy atom. The normalized spacial score (nSPS) is 12.6. The van der Waals surface area contributed by atoms with Crippen LogP contribution in [0.2, 0.25) is 5.02 Å². The number of esters is 2. The van der Waals surface area contributed by atoms with E-state index < -0.39 is 23.7 Å². The van der Waals surface area contributed by atoms with Gasteiger partial charge in [-0.1, -0.05) is 17.7 Å². The number of amides is 1. The fraction of sp³-hybridized carbons (Fsp3) is 0.387. The van der Waals surface area contributed by atoms with Gasteiger partial charge in [0.15, 0.2) is 0 Å². The lowest BCUT2D eigenvalue weighted by Crippen LogP contribution is -2.37. The molecule has 1 saturated carbocycles. The monoisotopic (exact) mass is 627 g/mol. The first-order valence-electron chi connectivity index (χ1n) is 14.4. The average molecular weight is 628 g/mol. The molecule has 4 rings (SSSR count). The average Bonchev–Trinajstić information content (AvgIpc) is 3.83. The van der Waals surface area contributed by atoms with Crippen LogP contribution >= 0.6 is 11.6 Å². The van der Waals surface area contributed by atoms with Gasteiger partial charge in [-0.05, 0) is 56.9 Å². The molecule has 0 atom stereocenters. The van der Waals surface area contributed by atoms with Gasteiger partial charge in [0.2, 0.25) is 5.91 Å². The molecule has 0 spiro atoms. The number of hydrogen-bond donors (Lipinski definition) is 2. The smallest absolute Gasteiger partial charge is 0.325 e. The summed E-state index contributed by atoms with van der Waals surface area (Å²) in [6.07, 6.45) is 6.56. The Morgan fingerprint density at radius 3 is 2.59 bits per heavy atom. The van der Waals surface area contributed by atoms with Gasteiger partial charge < -0.3 is 29.7 Å². The molecule has 11 nitrogen and oxygen atoms in total. The molecule has 1 aliphatic rings. The number of nitrogens with one attached hydrogen (secondary N) is 2. The molecule has 1 aromatic heterocycles.